The molecule has 4 rings (SSSR count). The van der Waals surface area contributed by atoms with Gasteiger partial charge in [0.15, 0.2) is 0 Å². The largest absolute Gasteiger partial charge is 0.497 e. The molecular weight excluding hydrogens is 314 g/mol. The number of rotatable bonds is 3. The number of amides is 1. The van der Waals surface area contributed by atoms with Crippen molar-refractivity contribution < 1.29 is 9.53 Å². The molecule has 1 aliphatic rings. The van der Waals surface area contributed by atoms with Gasteiger partial charge in [-0.1, -0.05) is 30.3 Å². The van der Waals surface area contributed by atoms with Crippen LogP contribution in [0.1, 0.15) is 33.4 Å². The van der Waals surface area contributed by atoms with E-state index >= 15 is 0 Å². The van der Waals surface area contributed by atoms with Gasteiger partial charge in [0.05, 0.1) is 18.8 Å². The first-order chi connectivity index (χ1) is 12.1. The maximum Gasteiger partial charge on any atom is 0.277 e. The van der Waals surface area contributed by atoms with Crippen molar-refractivity contribution in [2.75, 3.05) is 12.0 Å². The Bertz CT molecular complexity index is 930. The van der Waals surface area contributed by atoms with E-state index in [1.165, 1.54) is 0 Å². The zero-order valence-electron chi connectivity index (χ0n) is 14.4. The Labute approximate surface area is 146 Å². The number of ether oxygens (including phenoxy) is 1. The summed E-state index contributed by atoms with van der Waals surface area (Å²) >= 11 is 0. The van der Waals surface area contributed by atoms with Crippen LogP contribution in [0, 0.1) is 6.92 Å². The second-order valence-corrected chi connectivity index (χ2v) is 6.16. The van der Waals surface area contributed by atoms with Gasteiger partial charge in [-0.15, -0.1) is 0 Å². The second kappa shape index (κ2) is 5.77. The number of aryl methyl sites for hydroxylation is 2. The van der Waals surface area contributed by atoms with Crippen LogP contribution in [0.2, 0.25) is 0 Å². The van der Waals surface area contributed by atoms with Crippen molar-refractivity contribution in [3.8, 4) is 5.75 Å². The van der Waals surface area contributed by atoms with Gasteiger partial charge < -0.3 is 4.74 Å². The van der Waals surface area contributed by atoms with Crippen LogP contribution < -0.4 is 9.64 Å². The van der Waals surface area contributed by atoms with Gasteiger partial charge in [-0.2, -0.15) is 5.10 Å². The van der Waals surface area contributed by atoms with Crippen LogP contribution >= 0.6 is 0 Å². The molecule has 0 fully saturated rings. The van der Waals surface area contributed by atoms with Gasteiger partial charge in [-0.25, -0.2) is 0 Å². The van der Waals surface area contributed by atoms with Crippen molar-refractivity contribution in [2.45, 2.75) is 13.0 Å². The topological polar surface area (TPSA) is 47.4 Å². The Morgan fingerprint density at radius 3 is 2.36 bits per heavy atom. The Hall–Kier alpha value is -3.08. The Balaban J connectivity index is 1.90. The normalized spacial score (nSPS) is 16.2. The van der Waals surface area contributed by atoms with E-state index < -0.39 is 0 Å². The van der Waals surface area contributed by atoms with Gasteiger partial charge in [0.1, 0.15) is 11.4 Å². The number of nitrogens with zero attached hydrogens (tertiary/aromatic N) is 3. The summed E-state index contributed by atoms with van der Waals surface area (Å²) < 4.78 is 6.92. The lowest BCUT2D eigenvalue weighted by atomic mass is 9.99. The van der Waals surface area contributed by atoms with Crippen LogP contribution in [-0.2, 0) is 7.05 Å². The van der Waals surface area contributed by atoms with E-state index in [1.807, 2.05) is 61.3 Å². The van der Waals surface area contributed by atoms with Crippen molar-refractivity contribution in [1.82, 2.24) is 9.78 Å². The highest BCUT2D eigenvalue weighted by molar-refractivity contribution is 6.10. The van der Waals surface area contributed by atoms with Crippen LogP contribution in [0.25, 0.3) is 0 Å². The minimum atomic E-state index is -0.175. The molecule has 5 nitrogen and oxygen atoms in total. The Morgan fingerprint density at radius 2 is 1.72 bits per heavy atom. The second-order valence-electron chi connectivity index (χ2n) is 6.16. The van der Waals surface area contributed by atoms with Crippen LogP contribution in [-0.4, -0.2) is 22.8 Å². The molecule has 0 aliphatic carbocycles. The summed E-state index contributed by atoms with van der Waals surface area (Å²) in [6.07, 6.45) is 0. The number of methoxy groups -OCH3 is 1. The Kier molecular flexibility index (Phi) is 3.57. The van der Waals surface area contributed by atoms with Gasteiger partial charge in [0.25, 0.3) is 5.91 Å². The Morgan fingerprint density at radius 1 is 1.04 bits per heavy atom. The van der Waals surface area contributed by atoms with E-state index in [4.69, 9.17) is 4.74 Å². The number of aromatic nitrogens is 2. The first kappa shape index (κ1) is 15.4. The molecular formula is C20H19N3O2. The molecule has 3 aromatic rings. The molecule has 1 unspecified atom stereocenters. The van der Waals surface area contributed by atoms with Crippen molar-refractivity contribution in [3.63, 3.8) is 0 Å². The maximum absolute atomic E-state index is 13.2. The molecule has 0 saturated heterocycles. The number of anilines is 1. The van der Waals surface area contributed by atoms with Gasteiger partial charge in [0, 0.05) is 18.3 Å². The number of carbonyl (C=O) groups is 1. The predicted octanol–water partition coefficient (Wildman–Crippen LogP) is 3.49. The predicted molar refractivity (Wildman–Crippen MR) is 96.0 cm³/mol. The molecule has 2 aromatic carbocycles. The first-order valence-electron chi connectivity index (χ1n) is 8.18. The zero-order valence-corrected chi connectivity index (χ0v) is 14.4. The molecule has 126 valence electrons. The number of hydrogen-bond acceptors (Lipinski definition) is 3. The molecule has 25 heavy (non-hydrogen) atoms. The summed E-state index contributed by atoms with van der Waals surface area (Å²) in [5.41, 5.74) is 4.43. The molecule has 5 heteroatoms. The number of benzene rings is 2. The van der Waals surface area contributed by atoms with Crippen molar-refractivity contribution >= 4 is 11.6 Å². The van der Waals surface area contributed by atoms with Crippen LogP contribution in [0.5, 0.6) is 5.75 Å². The molecule has 0 N–H and O–H groups in total. The monoisotopic (exact) mass is 333 g/mol. The lowest BCUT2D eigenvalue weighted by molar-refractivity contribution is 0.0985. The molecule has 0 saturated carbocycles. The molecule has 1 aliphatic heterocycles. The van der Waals surface area contributed by atoms with Crippen molar-refractivity contribution in [2.24, 2.45) is 7.05 Å². The third-order valence-corrected chi connectivity index (χ3v) is 4.69. The molecule has 0 bridgehead atoms. The highest BCUT2D eigenvalue weighted by Crippen LogP contribution is 2.43. The van der Waals surface area contributed by atoms with E-state index in [-0.39, 0.29) is 11.9 Å². The SMILES string of the molecule is COc1ccc(N2C(=O)c3c(c(C)nn3C)C2c2ccccc2)cc1. The van der Waals surface area contributed by atoms with Gasteiger partial charge in [-0.3, -0.25) is 14.4 Å². The molecule has 1 aromatic heterocycles. The molecule has 1 atom stereocenters. The number of fused-ring (bicyclic) bond motifs is 1. The molecule has 0 radical (unpaired) electrons. The van der Waals surface area contributed by atoms with E-state index in [2.05, 4.69) is 17.2 Å². The minimum Gasteiger partial charge on any atom is -0.497 e. The quantitative estimate of drug-likeness (QED) is 0.737. The van der Waals surface area contributed by atoms with Crippen LogP contribution in [0.15, 0.2) is 54.6 Å². The highest BCUT2D eigenvalue weighted by atomic mass is 16.5. The summed E-state index contributed by atoms with van der Waals surface area (Å²) in [6.45, 7) is 1.96. The smallest absolute Gasteiger partial charge is 0.277 e. The van der Waals surface area contributed by atoms with E-state index in [9.17, 15) is 4.79 Å². The summed E-state index contributed by atoms with van der Waals surface area (Å²) in [5, 5.41) is 4.46. The fourth-order valence-corrected chi connectivity index (χ4v) is 3.58. The van der Waals surface area contributed by atoms with E-state index in [0.29, 0.717) is 5.69 Å². The highest BCUT2D eigenvalue weighted by Gasteiger charge is 2.43. The molecule has 0 spiro atoms. The minimum absolute atomic E-state index is 0.0304. The van der Waals surface area contributed by atoms with E-state index in [0.717, 1.165) is 28.3 Å². The number of hydrogen-bond donors (Lipinski definition) is 0. The third kappa shape index (κ3) is 2.31. The van der Waals surface area contributed by atoms with Crippen LogP contribution in [0.3, 0.4) is 0 Å². The lowest BCUT2D eigenvalue weighted by Gasteiger charge is -2.26. The van der Waals surface area contributed by atoms with Gasteiger partial charge >= 0.3 is 0 Å². The standard InChI is InChI=1S/C20H19N3O2/c1-13-17-18(14-7-5-4-6-8-14)23(20(24)19(17)22(2)21-13)15-9-11-16(25-3)12-10-15/h4-12,18H,1-3H3. The van der Waals surface area contributed by atoms with Gasteiger partial charge in [-0.05, 0) is 36.8 Å². The average molecular weight is 333 g/mol. The van der Waals surface area contributed by atoms with Crippen LogP contribution in [0.4, 0.5) is 5.69 Å². The average Bonchev–Trinajstić information content (AvgIpc) is 3.11. The lowest BCUT2D eigenvalue weighted by Crippen LogP contribution is -2.30. The molecule has 2 heterocycles. The fourth-order valence-electron chi connectivity index (χ4n) is 3.58. The van der Waals surface area contributed by atoms with Crippen molar-refractivity contribution in [3.05, 3.63) is 77.1 Å². The van der Waals surface area contributed by atoms with Gasteiger partial charge in [0.2, 0.25) is 0 Å². The summed E-state index contributed by atoms with van der Waals surface area (Å²) in [4.78, 5) is 15.0. The summed E-state index contributed by atoms with van der Waals surface area (Å²) in [5.74, 6) is 0.735. The summed E-state index contributed by atoms with van der Waals surface area (Å²) in [7, 11) is 3.46. The summed E-state index contributed by atoms with van der Waals surface area (Å²) in [6, 6.07) is 17.5. The molecule has 1 amide bonds. The maximum atomic E-state index is 13.2. The zero-order chi connectivity index (χ0) is 17.6. The van der Waals surface area contributed by atoms with E-state index in [1.54, 1.807) is 11.8 Å². The number of carbonyl (C=O) groups excluding carboxylic acids is 1. The van der Waals surface area contributed by atoms with Crippen molar-refractivity contribution in [1.29, 1.82) is 0 Å². The first-order valence-corrected chi connectivity index (χ1v) is 8.18. The fraction of sp³-hybridized carbons (Fsp3) is 0.200. The third-order valence-electron chi connectivity index (χ3n) is 4.69.